The van der Waals surface area contributed by atoms with Gasteiger partial charge in [-0.15, -0.1) is 0 Å². The van der Waals surface area contributed by atoms with Gasteiger partial charge in [0.05, 0.1) is 23.2 Å². The van der Waals surface area contributed by atoms with Gasteiger partial charge in [-0.25, -0.2) is 13.8 Å². The molecule has 0 saturated carbocycles. The third kappa shape index (κ3) is 5.34. The highest BCUT2D eigenvalue weighted by atomic mass is 35.5. The molecule has 0 aliphatic heterocycles. The molecular formula is C22H23ClN4O3S. The molecule has 0 atom stereocenters. The fourth-order valence-electron chi connectivity index (χ4n) is 3.27. The molecule has 0 fully saturated rings. The van der Waals surface area contributed by atoms with Crippen molar-refractivity contribution in [2.45, 2.75) is 13.8 Å². The number of benzene rings is 2. The van der Waals surface area contributed by atoms with Crippen LogP contribution in [0.3, 0.4) is 0 Å². The molecule has 0 bridgehead atoms. The molecule has 2 aromatic carbocycles. The molecule has 1 heterocycles. The summed E-state index contributed by atoms with van der Waals surface area (Å²) >= 11 is 6.11. The summed E-state index contributed by atoms with van der Waals surface area (Å²) in [6, 6.07) is 18.3. The average molecular weight is 459 g/mol. The van der Waals surface area contributed by atoms with Gasteiger partial charge in [0, 0.05) is 22.6 Å². The molecule has 0 spiro atoms. The van der Waals surface area contributed by atoms with E-state index in [0.29, 0.717) is 0 Å². The van der Waals surface area contributed by atoms with Crippen LogP contribution in [0.4, 0.5) is 5.69 Å². The zero-order valence-corrected chi connectivity index (χ0v) is 19.0. The molecule has 0 aliphatic rings. The number of aromatic nitrogens is 1. The van der Waals surface area contributed by atoms with Gasteiger partial charge in [-0.3, -0.25) is 9.10 Å². The molecule has 31 heavy (non-hydrogen) atoms. The van der Waals surface area contributed by atoms with Crippen LogP contribution < -0.4 is 9.73 Å². The van der Waals surface area contributed by atoms with E-state index < -0.39 is 22.5 Å². The lowest BCUT2D eigenvalue weighted by Crippen LogP contribution is -2.39. The summed E-state index contributed by atoms with van der Waals surface area (Å²) in [6.07, 6.45) is 2.56. The van der Waals surface area contributed by atoms with Crippen LogP contribution in [0.2, 0.25) is 5.02 Å². The van der Waals surface area contributed by atoms with E-state index in [1.54, 1.807) is 30.5 Å². The van der Waals surface area contributed by atoms with Gasteiger partial charge in [-0.1, -0.05) is 41.9 Å². The van der Waals surface area contributed by atoms with Crippen molar-refractivity contribution in [2.24, 2.45) is 5.10 Å². The maximum atomic E-state index is 12.4. The van der Waals surface area contributed by atoms with E-state index in [0.717, 1.165) is 33.2 Å². The SMILES string of the molecule is Cc1cc(/C=N\NC(=O)CN(c2ccccc2Cl)S(C)(=O)=O)c(C)n1-c1ccccc1. The molecule has 0 unspecified atom stereocenters. The summed E-state index contributed by atoms with van der Waals surface area (Å²) in [5.41, 5.74) is 6.49. The minimum atomic E-state index is -3.72. The molecule has 162 valence electrons. The lowest BCUT2D eigenvalue weighted by atomic mass is 10.2. The Hall–Kier alpha value is -3.10. The van der Waals surface area contributed by atoms with Gasteiger partial charge in [0.25, 0.3) is 5.91 Å². The van der Waals surface area contributed by atoms with Crippen molar-refractivity contribution in [1.29, 1.82) is 0 Å². The summed E-state index contributed by atoms with van der Waals surface area (Å²) in [4.78, 5) is 12.4. The van der Waals surface area contributed by atoms with Crippen molar-refractivity contribution in [3.63, 3.8) is 0 Å². The van der Waals surface area contributed by atoms with E-state index >= 15 is 0 Å². The molecule has 0 aliphatic carbocycles. The van der Waals surface area contributed by atoms with Gasteiger partial charge in [-0.2, -0.15) is 5.10 Å². The van der Waals surface area contributed by atoms with E-state index in [-0.39, 0.29) is 10.7 Å². The van der Waals surface area contributed by atoms with Gasteiger partial charge in [-0.05, 0) is 44.2 Å². The quantitative estimate of drug-likeness (QED) is 0.433. The number of hydrogen-bond donors (Lipinski definition) is 1. The summed E-state index contributed by atoms with van der Waals surface area (Å²) in [7, 11) is -3.72. The second-order valence-corrected chi connectivity index (χ2v) is 9.33. The van der Waals surface area contributed by atoms with Crippen molar-refractivity contribution in [3.05, 3.63) is 82.6 Å². The zero-order valence-electron chi connectivity index (χ0n) is 17.4. The molecule has 7 nitrogen and oxygen atoms in total. The average Bonchev–Trinajstić information content (AvgIpc) is 3.00. The Labute approximate surface area is 187 Å². The van der Waals surface area contributed by atoms with Crippen LogP contribution in [0, 0.1) is 13.8 Å². The predicted octanol–water partition coefficient (Wildman–Crippen LogP) is 3.66. The van der Waals surface area contributed by atoms with Gasteiger partial charge in [0.15, 0.2) is 0 Å². The third-order valence-corrected chi connectivity index (χ3v) is 6.13. The number of rotatable bonds is 7. The lowest BCUT2D eigenvalue weighted by Gasteiger charge is -2.22. The molecule has 9 heteroatoms. The van der Waals surface area contributed by atoms with Crippen molar-refractivity contribution in [1.82, 2.24) is 9.99 Å². The maximum Gasteiger partial charge on any atom is 0.260 e. The Morgan fingerprint density at radius 3 is 2.42 bits per heavy atom. The smallest absolute Gasteiger partial charge is 0.260 e. The summed E-state index contributed by atoms with van der Waals surface area (Å²) in [5, 5.41) is 4.24. The van der Waals surface area contributed by atoms with Gasteiger partial charge in [0.2, 0.25) is 10.0 Å². The molecule has 0 saturated heterocycles. The third-order valence-electron chi connectivity index (χ3n) is 4.69. The maximum absolute atomic E-state index is 12.4. The molecular weight excluding hydrogens is 436 g/mol. The van der Waals surface area contributed by atoms with Crippen LogP contribution in [0.25, 0.3) is 5.69 Å². The van der Waals surface area contributed by atoms with E-state index in [9.17, 15) is 13.2 Å². The molecule has 1 aromatic heterocycles. The van der Waals surface area contributed by atoms with E-state index in [1.807, 2.05) is 50.2 Å². The topological polar surface area (TPSA) is 83.8 Å². The standard InChI is InChI=1S/C22H23ClN4O3S/c1-16-13-18(17(2)27(16)19-9-5-4-6-10-19)14-24-25-22(28)15-26(31(3,29)30)21-12-8-7-11-20(21)23/h4-14H,15H2,1-3H3,(H,25,28)/b24-14-. The number of nitrogens with one attached hydrogen (secondary N) is 1. The Morgan fingerprint density at radius 1 is 1.13 bits per heavy atom. The summed E-state index contributed by atoms with van der Waals surface area (Å²) in [5.74, 6) is -0.585. The summed E-state index contributed by atoms with van der Waals surface area (Å²) in [6.45, 7) is 3.51. The number of nitrogens with zero attached hydrogens (tertiary/aromatic N) is 3. The normalized spacial score (nSPS) is 11.6. The first-order valence-corrected chi connectivity index (χ1v) is 11.7. The van der Waals surface area contributed by atoms with Crippen LogP contribution >= 0.6 is 11.6 Å². The van der Waals surface area contributed by atoms with E-state index in [4.69, 9.17) is 11.6 Å². The van der Waals surface area contributed by atoms with Gasteiger partial charge >= 0.3 is 0 Å². The molecule has 3 rings (SSSR count). The second kappa shape index (κ2) is 9.36. The minimum absolute atomic E-state index is 0.234. The van der Waals surface area contributed by atoms with Crippen LogP contribution in [0.1, 0.15) is 17.0 Å². The van der Waals surface area contributed by atoms with Crippen molar-refractivity contribution in [3.8, 4) is 5.69 Å². The number of anilines is 1. The van der Waals surface area contributed by atoms with E-state index in [2.05, 4.69) is 15.1 Å². The number of hydrazone groups is 1. The first-order valence-electron chi connectivity index (χ1n) is 9.47. The Bertz CT molecular complexity index is 1220. The summed E-state index contributed by atoms with van der Waals surface area (Å²) < 4.78 is 27.4. The molecule has 0 radical (unpaired) electrons. The van der Waals surface area contributed by atoms with Crippen molar-refractivity contribution < 1.29 is 13.2 Å². The number of amides is 1. The number of carbonyl (C=O) groups excluding carboxylic acids is 1. The molecule has 1 N–H and O–H groups in total. The van der Waals surface area contributed by atoms with Crippen LogP contribution in [0.5, 0.6) is 0 Å². The van der Waals surface area contributed by atoms with Gasteiger partial charge in [0.1, 0.15) is 6.54 Å². The van der Waals surface area contributed by atoms with E-state index in [1.165, 1.54) is 0 Å². The monoisotopic (exact) mass is 458 g/mol. The Balaban J connectivity index is 1.74. The number of para-hydroxylation sites is 2. The number of halogens is 1. The Morgan fingerprint density at radius 2 is 1.77 bits per heavy atom. The highest BCUT2D eigenvalue weighted by molar-refractivity contribution is 7.92. The number of aryl methyl sites for hydroxylation is 1. The highest BCUT2D eigenvalue weighted by Gasteiger charge is 2.22. The number of hydrogen-bond acceptors (Lipinski definition) is 4. The van der Waals surface area contributed by atoms with Crippen molar-refractivity contribution in [2.75, 3.05) is 17.1 Å². The minimum Gasteiger partial charge on any atom is -0.318 e. The lowest BCUT2D eigenvalue weighted by molar-refractivity contribution is -0.119. The zero-order chi connectivity index (χ0) is 22.6. The first kappa shape index (κ1) is 22.6. The largest absolute Gasteiger partial charge is 0.318 e. The van der Waals surface area contributed by atoms with Crippen molar-refractivity contribution >= 4 is 39.4 Å². The second-order valence-electron chi connectivity index (χ2n) is 7.01. The number of carbonyl (C=O) groups is 1. The van der Waals surface area contributed by atoms with Crippen LogP contribution in [-0.4, -0.2) is 37.9 Å². The number of sulfonamides is 1. The molecule has 3 aromatic rings. The Kier molecular flexibility index (Phi) is 6.82. The highest BCUT2D eigenvalue weighted by Crippen LogP contribution is 2.26. The first-order chi connectivity index (χ1) is 14.7. The van der Waals surface area contributed by atoms with Crippen LogP contribution in [-0.2, 0) is 14.8 Å². The van der Waals surface area contributed by atoms with Crippen LogP contribution in [0.15, 0.2) is 65.8 Å². The van der Waals surface area contributed by atoms with Gasteiger partial charge < -0.3 is 4.57 Å². The fraction of sp³-hybridized carbons (Fsp3) is 0.182. The fourth-order valence-corrected chi connectivity index (χ4v) is 4.42. The molecule has 1 amide bonds. The predicted molar refractivity (Wildman–Crippen MR) is 125 cm³/mol.